The zero-order valence-electron chi connectivity index (χ0n) is 15.1. The summed E-state index contributed by atoms with van der Waals surface area (Å²) < 4.78 is 13.0. The van der Waals surface area contributed by atoms with E-state index < -0.39 is 0 Å². The van der Waals surface area contributed by atoms with Gasteiger partial charge in [-0.1, -0.05) is 25.7 Å². The second kappa shape index (κ2) is 9.18. The monoisotopic (exact) mass is 347 g/mol. The number of halogens is 1. The Bertz CT molecular complexity index is 532. The van der Waals surface area contributed by atoms with Crippen LogP contribution in [0.4, 0.5) is 10.1 Å². The van der Waals surface area contributed by atoms with Crippen molar-refractivity contribution in [3.63, 3.8) is 0 Å². The molecule has 0 aromatic heterocycles. The van der Waals surface area contributed by atoms with E-state index in [1.165, 1.54) is 37.8 Å². The molecule has 1 aliphatic carbocycles. The number of hydrogen-bond acceptors (Lipinski definition) is 3. The summed E-state index contributed by atoms with van der Waals surface area (Å²) in [6.45, 7) is 4.59. The molecule has 4 nitrogen and oxygen atoms in total. The molecule has 1 aliphatic heterocycles. The Morgan fingerprint density at radius 2 is 1.64 bits per heavy atom. The van der Waals surface area contributed by atoms with Gasteiger partial charge in [0.1, 0.15) is 5.82 Å². The van der Waals surface area contributed by atoms with Crippen LogP contribution in [-0.4, -0.2) is 49.6 Å². The van der Waals surface area contributed by atoms with Crippen LogP contribution in [0.25, 0.3) is 0 Å². The maximum absolute atomic E-state index is 13.0. The average Bonchev–Trinajstić information content (AvgIpc) is 2.90. The van der Waals surface area contributed by atoms with Gasteiger partial charge in [-0.15, -0.1) is 0 Å². The standard InChI is InChI=1S/C20H30FN3O/c21-17-7-9-19(10-8-17)24-15-13-23(14-16-24)12-11-20(25)22-18-5-3-1-2-4-6-18/h7-10,18H,1-6,11-16H2,(H,22,25). The van der Waals surface area contributed by atoms with Gasteiger partial charge in [0.25, 0.3) is 0 Å². The molecular weight excluding hydrogens is 317 g/mol. The molecule has 1 saturated heterocycles. The molecule has 1 heterocycles. The molecule has 1 amide bonds. The minimum Gasteiger partial charge on any atom is -0.369 e. The van der Waals surface area contributed by atoms with E-state index >= 15 is 0 Å². The predicted octanol–water partition coefficient (Wildman–Crippen LogP) is 3.18. The summed E-state index contributed by atoms with van der Waals surface area (Å²) in [6, 6.07) is 7.10. The van der Waals surface area contributed by atoms with E-state index in [2.05, 4.69) is 15.1 Å². The summed E-state index contributed by atoms with van der Waals surface area (Å²) in [6.07, 6.45) is 7.99. The lowest BCUT2D eigenvalue weighted by Gasteiger charge is -2.36. The highest BCUT2D eigenvalue weighted by molar-refractivity contribution is 5.76. The normalized spacial score (nSPS) is 20.3. The molecule has 2 aliphatic rings. The van der Waals surface area contributed by atoms with Crippen LogP contribution in [0.15, 0.2) is 24.3 Å². The Morgan fingerprint density at radius 1 is 1.00 bits per heavy atom. The number of anilines is 1. The van der Waals surface area contributed by atoms with Crippen LogP contribution < -0.4 is 10.2 Å². The summed E-state index contributed by atoms with van der Waals surface area (Å²) in [7, 11) is 0. The number of carbonyl (C=O) groups is 1. The van der Waals surface area contributed by atoms with Gasteiger partial charge >= 0.3 is 0 Å². The first-order valence-corrected chi connectivity index (χ1v) is 9.73. The zero-order valence-corrected chi connectivity index (χ0v) is 15.1. The van der Waals surface area contributed by atoms with E-state index in [-0.39, 0.29) is 11.7 Å². The Morgan fingerprint density at radius 3 is 2.28 bits per heavy atom. The minimum atomic E-state index is -0.193. The third-order valence-corrected chi connectivity index (χ3v) is 5.44. The molecule has 2 fully saturated rings. The van der Waals surface area contributed by atoms with Crippen LogP contribution in [0.3, 0.4) is 0 Å². The van der Waals surface area contributed by atoms with Crippen molar-refractivity contribution in [1.82, 2.24) is 10.2 Å². The van der Waals surface area contributed by atoms with Crippen LogP contribution in [-0.2, 0) is 4.79 Å². The topological polar surface area (TPSA) is 35.6 Å². The lowest BCUT2D eigenvalue weighted by Crippen LogP contribution is -2.47. The van der Waals surface area contributed by atoms with Gasteiger partial charge in [-0.05, 0) is 37.1 Å². The summed E-state index contributed by atoms with van der Waals surface area (Å²) in [5, 5.41) is 3.23. The predicted molar refractivity (Wildman–Crippen MR) is 99.3 cm³/mol. The zero-order chi connectivity index (χ0) is 17.5. The fourth-order valence-electron chi connectivity index (χ4n) is 3.86. The van der Waals surface area contributed by atoms with Gasteiger partial charge in [0.05, 0.1) is 0 Å². The van der Waals surface area contributed by atoms with Gasteiger partial charge in [0.2, 0.25) is 5.91 Å². The van der Waals surface area contributed by atoms with Crippen LogP contribution in [0, 0.1) is 5.82 Å². The highest BCUT2D eigenvalue weighted by atomic mass is 19.1. The van der Waals surface area contributed by atoms with Gasteiger partial charge in [-0.25, -0.2) is 4.39 Å². The molecule has 3 rings (SSSR count). The number of amides is 1. The number of rotatable bonds is 5. The molecule has 5 heteroatoms. The minimum absolute atomic E-state index is 0.193. The van der Waals surface area contributed by atoms with Crippen molar-refractivity contribution in [1.29, 1.82) is 0 Å². The second-order valence-corrected chi connectivity index (χ2v) is 7.31. The lowest BCUT2D eigenvalue weighted by molar-refractivity contribution is -0.122. The summed E-state index contributed by atoms with van der Waals surface area (Å²) in [5.74, 6) is 0.00920. The maximum atomic E-state index is 13.0. The van der Waals surface area contributed by atoms with Crippen LogP contribution in [0.5, 0.6) is 0 Å². The molecule has 1 saturated carbocycles. The number of hydrogen-bond donors (Lipinski definition) is 1. The van der Waals surface area contributed by atoms with Gasteiger partial charge in [-0.3, -0.25) is 9.69 Å². The van der Waals surface area contributed by atoms with Crippen molar-refractivity contribution < 1.29 is 9.18 Å². The number of nitrogens with zero attached hydrogens (tertiary/aromatic N) is 2. The highest BCUT2D eigenvalue weighted by Gasteiger charge is 2.19. The molecule has 0 spiro atoms. The fourth-order valence-corrected chi connectivity index (χ4v) is 3.86. The second-order valence-electron chi connectivity index (χ2n) is 7.31. The van der Waals surface area contributed by atoms with E-state index in [1.54, 1.807) is 0 Å². The maximum Gasteiger partial charge on any atom is 0.221 e. The van der Waals surface area contributed by atoms with Crippen molar-refractivity contribution >= 4 is 11.6 Å². The van der Waals surface area contributed by atoms with Crippen molar-refractivity contribution in [3.8, 4) is 0 Å². The Kier molecular flexibility index (Phi) is 6.68. The van der Waals surface area contributed by atoms with Crippen LogP contribution in [0.1, 0.15) is 44.9 Å². The smallest absolute Gasteiger partial charge is 0.221 e. The average molecular weight is 347 g/mol. The van der Waals surface area contributed by atoms with Gasteiger partial charge in [0, 0.05) is 50.9 Å². The van der Waals surface area contributed by atoms with Crippen LogP contribution in [0.2, 0.25) is 0 Å². The van der Waals surface area contributed by atoms with E-state index in [1.807, 2.05) is 12.1 Å². The quantitative estimate of drug-likeness (QED) is 0.831. The van der Waals surface area contributed by atoms with Crippen molar-refractivity contribution in [2.75, 3.05) is 37.6 Å². The van der Waals surface area contributed by atoms with Crippen molar-refractivity contribution in [3.05, 3.63) is 30.1 Å². The molecule has 138 valence electrons. The first-order valence-electron chi connectivity index (χ1n) is 9.73. The van der Waals surface area contributed by atoms with Gasteiger partial charge < -0.3 is 10.2 Å². The molecule has 25 heavy (non-hydrogen) atoms. The third-order valence-electron chi connectivity index (χ3n) is 5.44. The first-order chi connectivity index (χ1) is 12.2. The lowest BCUT2D eigenvalue weighted by atomic mass is 10.1. The SMILES string of the molecule is O=C(CCN1CCN(c2ccc(F)cc2)CC1)NC1CCCCCC1. The summed E-state index contributed by atoms with van der Waals surface area (Å²) in [4.78, 5) is 16.8. The number of benzene rings is 1. The molecule has 0 atom stereocenters. The largest absolute Gasteiger partial charge is 0.369 e. The molecule has 1 aromatic carbocycles. The molecule has 0 radical (unpaired) electrons. The fraction of sp³-hybridized carbons (Fsp3) is 0.650. The molecular formula is C20H30FN3O. The van der Waals surface area contributed by atoms with Crippen molar-refractivity contribution in [2.45, 2.75) is 51.0 Å². The Hall–Kier alpha value is -1.62. The van der Waals surface area contributed by atoms with E-state index in [0.717, 1.165) is 51.3 Å². The molecule has 1 aromatic rings. The van der Waals surface area contributed by atoms with E-state index in [0.29, 0.717) is 12.5 Å². The summed E-state index contributed by atoms with van der Waals surface area (Å²) in [5.41, 5.74) is 1.08. The highest BCUT2D eigenvalue weighted by Crippen LogP contribution is 2.18. The Labute approximate surface area is 150 Å². The molecule has 1 N–H and O–H groups in total. The number of nitrogens with one attached hydrogen (secondary N) is 1. The Balaban J connectivity index is 1.36. The molecule has 0 bridgehead atoms. The third kappa shape index (κ3) is 5.70. The first kappa shape index (κ1) is 18.2. The van der Waals surface area contributed by atoms with Crippen molar-refractivity contribution in [2.24, 2.45) is 0 Å². The van der Waals surface area contributed by atoms with Gasteiger partial charge in [0.15, 0.2) is 0 Å². The van der Waals surface area contributed by atoms with E-state index in [4.69, 9.17) is 0 Å². The molecule has 0 unspecified atom stereocenters. The summed E-state index contributed by atoms with van der Waals surface area (Å²) >= 11 is 0. The van der Waals surface area contributed by atoms with Crippen LogP contribution >= 0.6 is 0 Å². The van der Waals surface area contributed by atoms with Gasteiger partial charge in [-0.2, -0.15) is 0 Å². The number of carbonyl (C=O) groups excluding carboxylic acids is 1. The van der Waals surface area contributed by atoms with E-state index in [9.17, 15) is 9.18 Å². The number of piperazine rings is 1.